The van der Waals surface area contributed by atoms with Crippen molar-refractivity contribution in [2.24, 2.45) is 0 Å². The zero-order valence-corrected chi connectivity index (χ0v) is 10.0. The van der Waals surface area contributed by atoms with Crippen LogP contribution in [-0.4, -0.2) is 4.32 Å². The van der Waals surface area contributed by atoms with Gasteiger partial charge in [-0.2, -0.15) is 0 Å². The Kier molecular flexibility index (Phi) is 2.08. The monoisotopic (exact) mass is 288 g/mol. The predicted octanol–water partition coefficient (Wildman–Crippen LogP) is 3.83. The summed E-state index contributed by atoms with van der Waals surface area (Å²) in [5.41, 5.74) is 2.88. The molecule has 0 saturated heterocycles. The second kappa shape index (κ2) is 2.85. The van der Waals surface area contributed by atoms with Gasteiger partial charge >= 0.3 is 0 Å². The molecular weight excluding hydrogens is 280 g/mol. The maximum atomic E-state index is 3.74. The number of hydrogen-bond donors (Lipinski definition) is 0. The molecule has 0 nitrogen and oxygen atoms in total. The van der Waals surface area contributed by atoms with Gasteiger partial charge in [0.05, 0.1) is 4.83 Å². The lowest BCUT2D eigenvalue weighted by atomic mass is 10.1. The maximum absolute atomic E-state index is 3.74. The van der Waals surface area contributed by atoms with Gasteiger partial charge in [0.25, 0.3) is 0 Å². The Morgan fingerprint density at radius 2 is 2.08 bits per heavy atom. The van der Waals surface area contributed by atoms with Gasteiger partial charge in [0.2, 0.25) is 0 Å². The summed E-state index contributed by atoms with van der Waals surface area (Å²) in [6, 6.07) is 8.60. The van der Waals surface area contributed by atoms with E-state index >= 15 is 0 Å². The molecule has 0 amide bonds. The fourth-order valence-electron chi connectivity index (χ4n) is 1.73. The van der Waals surface area contributed by atoms with Crippen LogP contribution in [0, 0.1) is 0 Å². The summed E-state index contributed by atoms with van der Waals surface area (Å²) >= 11 is 7.45. The Morgan fingerprint density at radius 1 is 1.42 bits per heavy atom. The lowest BCUT2D eigenvalue weighted by molar-refractivity contribution is 0.701. The van der Waals surface area contributed by atoms with Crippen molar-refractivity contribution in [2.75, 3.05) is 0 Å². The van der Waals surface area contributed by atoms with Crippen molar-refractivity contribution in [3.05, 3.63) is 35.4 Å². The van der Waals surface area contributed by atoms with Crippen LogP contribution in [0.25, 0.3) is 0 Å². The highest BCUT2D eigenvalue weighted by Gasteiger charge is 2.38. The lowest BCUT2D eigenvalue weighted by Gasteiger charge is -2.19. The van der Waals surface area contributed by atoms with Gasteiger partial charge in [-0.15, -0.1) is 0 Å². The Balaban J connectivity index is 2.49. The quantitative estimate of drug-likeness (QED) is 0.637. The number of halogens is 2. The third kappa shape index (κ3) is 1.25. The molecule has 1 aromatic rings. The summed E-state index contributed by atoms with van der Waals surface area (Å²) in [5.74, 6) is 0. The van der Waals surface area contributed by atoms with Crippen molar-refractivity contribution in [3.8, 4) is 0 Å². The number of alkyl halides is 2. The minimum absolute atomic E-state index is 0.191. The van der Waals surface area contributed by atoms with Crippen LogP contribution < -0.4 is 0 Å². The van der Waals surface area contributed by atoms with Crippen molar-refractivity contribution < 1.29 is 0 Å². The third-order valence-electron chi connectivity index (χ3n) is 2.39. The van der Waals surface area contributed by atoms with Gasteiger partial charge < -0.3 is 0 Å². The van der Waals surface area contributed by atoms with Crippen LogP contribution in [-0.2, 0) is 6.42 Å². The van der Waals surface area contributed by atoms with Gasteiger partial charge in [-0.05, 0) is 24.5 Å². The molecule has 1 aliphatic carbocycles. The molecule has 0 aliphatic heterocycles. The smallest absolute Gasteiger partial charge is 0.0551 e. The first-order valence-electron chi connectivity index (χ1n) is 4.02. The summed E-state index contributed by atoms with van der Waals surface area (Å²) in [4.78, 5) is 0.446. The standard InChI is InChI=1S/C10H10Br2/c1-10(12)6-7-4-2-3-5-8(7)9(10)11/h2-5,9H,6H2,1H3. The number of hydrogen-bond acceptors (Lipinski definition) is 0. The number of benzene rings is 1. The van der Waals surface area contributed by atoms with E-state index in [-0.39, 0.29) is 4.32 Å². The fraction of sp³-hybridized carbons (Fsp3) is 0.400. The molecule has 0 aromatic heterocycles. The summed E-state index contributed by atoms with van der Waals surface area (Å²) in [6.45, 7) is 2.23. The molecule has 0 heterocycles. The highest BCUT2D eigenvalue weighted by Crippen LogP contribution is 2.49. The molecule has 0 fully saturated rings. The van der Waals surface area contributed by atoms with Gasteiger partial charge in [-0.1, -0.05) is 56.1 Å². The molecule has 1 aromatic carbocycles. The van der Waals surface area contributed by atoms with Gasteiger partial charge in [0, 0.05) is 4.32 Å². The van der Waals surface area contributed by atoms with Crippen LogP contribution in [0.2, 0.25) is 0 Å². The molecule has 2 unspecified atom stereocenters. The van der Waals surface area contributed by atoms with Crippen molar-refractivity contribution in [2.45, 2.75) is 22.5 Å². The van der Waals surface area contributed by atoms with E-state index in [0.717, 1.165) is 6.42 Å². The average Bonchev–Trinajstić information content (AvgIpc) is 2.24. The molecule has 0 radical (unpaired) electrons. The molecule has 0 spiro atoms. The Morgan fingerprint density at radius 3 is 2.75 bits per heavy atom. The first-order valence-corrected chi connectivity index (χ1v) is 5.73. The van der Waals surface area contributed by atoms with Gasteiger partial charge in [0.15, 0.2) is 0 Å². The molecule has 2 atom stereocenters. The molecule has 2 rings (SSSR count). The van der Waals surface area contributed by atoms with Crippen molar-refractivity contribution in [1.29, 1.82) is 0 Å². The van der Waals surface area contributed by atoms with Crippen LogP contribution >= 0.6 is 31.9 Å². The molecule has 0 saturated carbocycles. The highest BCUT2D eigenvalue weighted by molar-refractivity contribution is 9.12. The molecule has 12 heavy (non-hydrogen) atoms. The second-order valence-corrected chi connectivity index (χ2v) is 6.24. The SMILES string of the molecule is CC1(Br)Cc2ccccc2C1Br. The average molecular weight is 290 g/mol. The summed E-state index contributed by atoms with van der Waals surface area (Å²) in [5, 5.41) is 0. The second-order valence-electron chi connectivity index (χ2n) is 3.52. The molecular formula is C10H10Br2. The topological polar surface area (TPSA) is 0 Å². The van der Waals surface area contributed by atoms with Crippen LogP contribution in [0.5, 0.6) is 0 Å². The summed E-state index contributed by atoms with van der Waals surface area (Å²) < 4.78 is 0.191. The van der Waals surface area contributed by atoms with Crippen molar-refractivity contribution in [3.63, 3.8) is 0 Å². The van der Waals surface area contributed by atoms with E-state index in [0.29, 0.717) is 4.83 Å². The van der Waals surface area contributed by atoms with Gasteiger partial charge in [0.1, 0.15) is 0 Å². The summed E-state index contributed by atoms with van der Waals surface area (Å²) in [6.07, 6.45) is 1.11. The first kappa shape index (κ1) is 8.76. The third-order valence-corrected chi connectivity index (χ3v) is 5.25. The molecule has 1 aliphatic rings. The Hall–Kier alpha value is 0.180. The maximum Gasteiger partial charge on any atom is 0.0551 e. The van der Waals surface area contributed by atoms with E-state index in [9.17, 15) is 0 Å². The van der Waals surface area contributed by atoms with Gasteiger partial charge in [-0.3, -0.25) is 0 Å². The zero-order chi connectivity index (χ0) is 8.77. The largest absolute Gasteiger partial charge is 0.0837 e. The van der Waals surface area contributed by atoms with Crippen molar-refractivity contribution in [1.82, 2.24) is 0 Å². The highest BCUT2D eigenvalue weighted by atomic mass is 79.9. The lowest BCUT2D eigenvalue weighted by Crippen LogP contribution is -2.17. The van der Waals surface area contributed by atoms with Gasteiger partial charge in [-0.25, -0.2) is 0 Å². The van der Waals surface area contributed by atoms with E-state index in [1.54, 1.807) is 0 Å². The van der Waals surface area contributed by atoms with E-state index in [4.69, 9.17) is 0 Å². The van der Waals surface area contributed by atoms with Crippen LogP contribution in [0.3, 0.4) is 0 Å². The van der Waals surface area contributed by atoms with E-state index in [1.807, 2.05) is 0 Å². The van der Waals surface area contributed by atoms with E-state index < -0.39 is 0 Å². The zero-order valence-electron chi connectivity index (χ0n) is 6.85. The number of rotatable bonds is 0. The number of fused-ring (bicyclic) bond motifs is 1. The molecule has 2 heteroatoms. The van der Waals surface area contributed by atoms with Crippen molar-refractivity contribution >= 4 is 31.9 Å². The molecule has 0 N–H and O–H groups in total. The normalized spacial score (nSPS) is 33.4. The Bertz CT molecular complexity index is 304. The summed E-state index contributed by atoms with van der Waals surface area (Å²) in [7, 11) is 0. The minimum atomic E-state index is 0.191. The van der Waals surface area contributed by atoms with Crippen LogP contribution in [0.15, 0.2) is 24.3 Å². The van der Waals surface area contributed by atoms with Crippen LogP contribution in [0.4, 0.5) is 0 Å². The van der Waals surface area contributed by atoms with E-state index in [1.165, 1.54) is 11.1 Å². The van der Waals surface area contributed by atoms with Crippen LogP contribution in [0.1, 0.15) is 22.9 Å². The Labute approximate surface area is 89.6 Å². The predicted molar refractivity (Wildman–Crippen MR) is 59.1 cm³/mol. The fourth-order valence-corrected chi connectivity index (χ4v) is 2.89. The van der Waals surface area contributed by atoms with E-state index in [2.05, 4.69) is 63.0 Å². The minimum Gasteiger partial charge on any atom is -0.0837 e. The molecule has 64 valence electrons. The first-order chi connectivity index (χ1) is 5.61. The molecule has 0 bridgehead atoms.